The Bertz CT molecular complexity index is 722. The van der Waals surface area contributed by atoms with Crippen LogP contribution in [-0.4, -0.2) is 33.2 Å². The number of piperidine rings is 1. The number of hydrogen-bond acceptors (Lipinski definition) is 3. The van der Waals surface area contributed by atoms with Crippen molar-refractivity contribution in [2.75, 3.05) is 12.3 Å². The minimum absolute atomic E-state index is 0.0292. The fourth-order valence-corrected chi connectivity index (χ4v) is 3.35. The highest BCUT2D eigenvalue weighted by Crippen LogP contribution is 2.31. The number of nitrogens with zero attached hydrogens (tertiary/aromatic N) is 3. The summed E-state index contributed by atoms with van der Waals surface area (Å²) >= 11 is 0. The van der Waals surface area contributed by atoms with E-state index in [1.807, 2.05) is 34.0 Å². The number of hydrogen-bond donors (Lipinski definition) is 1. The molecule has 5 nitrogen and oxygen atoms in total. The number of amides is 1. The zero-order valence-electron chi connectivity index (χ0n) is 14.6. The van der Waals surface area contributed by atoms with Gasteiger partial charge >= 0.3 is 0 Å². The number of para-hydroxylation sites is 1. The average Bonchev–Trinajstić information content (AvgIpc) is 3.05. The molecule has 128 valence electrons. The number of carbonyl (C=O) groups excluding carboxylic acids is 1. The van der Waals surface area contributed by atoms with Crippen molar-refractivity contribution in [3.8, 4) is 0 Å². The molecule has 0 spiro atoms. The van der Waals surface area contributed by atoms with E-state index < -0.39 is 0 Å². The van der Waals surface area contributed by atoms with E-state index in [0.29, 0.717) is 23.2 Å². The first-order chi connectivity index (χ1) is 11.5. The van der Waals surface area contributed by atoms with Gasteiger partial charge in [-0.3, -0.25) is 9.48 Å². The second-order valence-electron chi connectivity index (χ2n) is 7.02. The Morgan fingerprint density at radius 1 is 1.29 bits per heavy atom. The first-order valence-corrected chi connectivity index (χ1v) is 8.67. The molecule has 2 N–H and O–H groups in total. The lowest BCUT2D eigenvalue weighted by atomic mass is 9.89. The van der Waals surface area contributed by atoms with Crippen LogP contribution in [0.3, 0.4) is 0 Å². The van der Waals surface area contributed by atoms with Crippen molar-refractivity contribution >= 4 is 11.6 Å². The fraction of sp³-hybridized carbons (Fsp3) is 0.474. The molecule has 1 aromatic carbocycles. The summed E-state index contributed by atoms with van der Waals surface area (Å²) in [4.78, 5) is 14.9. The topological polar surface area (TPSA) is 64.2 Å². The molecule has 1 fully saturated rings. The minimum Gasteiger partial charge on any atom is -0.398 e. The SMILES string of the molecule is CC(C)n1cc(C2CC[C@@H](C)N(C(=O)c3ccccc3N)C2)cn1. The second kappa shape index (κ2) is 6.67. The molecule has 1 aromatic heterocycles. The fourth-order valence-electron chi connectivity index (χ4n) is 3.35. The molecule has 0 aliphatic carbocycles. The third-order valence-electron chi connectivity index (χ3n) is 4.96. The molecule has 1 unspecified atom stereocenters. The summed E-state index contributed by atoms with van der Waals surface area (Å²) in [5.41, 5.74) is 8.36. The van der Waals surface area contributed by atoms with Crippen molar-refractivity contribution in [2.24, 2.45) is 0 Å². The smallest absolute Gasteiger partial charge is 0.256 e. The molecule has 0 saturated carbocycles. The van der Waals surface area contributed by atoms with Crippen LogP contribution in [-0.2, 0) is 0 Å². The molecule has 1 saturated heterocycles. The van der Waals surface area contributed by atoms with Crippen LogP contribution in [0, 0.1) is 0 Å². The highest BCUT2D eigenvalue weighted by molar-refractivity contribution is 5.99. The van der Waals surface area contributed by atoms with E-state index in [1.54, 1.807) is 6.07 Å². The van der Waals surface area contributed by atoms with Crippen LogP contribution in [0.15, 0.2) is 36.7 Å². The van der Waals surface area contributed by atoms with Gasteiger partial charge in [-0.05, 0) is 51.3 Å². The van der Waals surface area contributed by atoms with E-state index in [0.717, 1.165) is 19.4 Å². The number of rotatable bonds is 3. The maximum atomic E-state index is 12.9. The number of anilines is 1. The Labute approximate surface area is 143 Å². The van der Waals surface area contributed by atoms with Crippen molar-refractivity contribution in [2.45, 2.75) is 51.6 Å². The summed E-state index contributed by atoms with van der Waals surface area (Å²) in [6.07, 6.45) is 6.14. The van der Waals surface area contributed by atoms with Crippen molar-refractivity contribution in [1.82, 2.24) is 14.7 Å². The molecule has 2 atom stereocenters. The maximum absolute atomic E-state index is 12.9. The van der Waals surface area contributed by atoms with Gasteiger partial charge in [0.2, 0.25) is 0 Å². The second-order valence-corrected chi connectivity index (χ2v) is 7.02. The molecule has 0 bridgehead atoms. The molecule has 1 aliphatic heterocycles. The Hall–Kier alpha value is -2.30. The maximum Gasteiger partial charge on any atom is 0.256 e. The van der Waals surface area contributed by atoms with Gasteiger partial charge in [0.15, 0.2) is 0 Å². The molecular weight excluding hydrogens is 300 g/mol. The van der Waals surface area contributed by atoms with Crippen LogP contribution in [0.5, 0.6) is 0 Å². The molecule has 3 rings (SSSR count). The lowest BCUT2D eigenvalue weighted by molar-refractivity contribution is 0.0611. The van der Waals surface area contributed by atoms with Gasteiger partial charge in [-0.1, -0.05) is 12.1 Å². The Kier molecular flexibility index (Phi) is 4.60. The third-order valence-corrected chi connectivity index (χ3v) is 4.96. The van der Waals surface area contributed by atoms with Crippen LogP contribution in [0.2, 0.25) is 0 Å². The Balaban J connectivity index is 1.80. The van der Waals surface area contributed by atoms with E-state index in [1.165, 1.54) is 5.56 Å². The number of carbonyl (C=O) groups is 1. The number of nitrogens with two attached hydrogens (primary N) is 1. The number of likely N-dealkylation sites (tertiary alicyclic amines) is 1. The van der Waals surface area contributed by atoms with E-state index in [-0.39, 0.29) is 11.9 Å². The van der Waals surface area contributed by atoms with E-state index >= 15 is 0 Å². The summed E-state index contributed by atoms with van der Waals surface area (Å²) < 4.78 is 1.98. The van der Waals surface area contributed by atoms with Gasteiger partial charge in [0.25, 0.3) is 5.91 Å². The molecule has 0 radical (unpaired) electrons. The third kappa shape index (κ3) is 3.16. The Morgan fingerprint density at radius 2 is 2.04 bits per heavy atom. The first kappa shape index (κ1) is 16.6. The highest BCUT2D eigenvalue weighted by Gasteiger charge is 2.31. The van der Waals surface area contributed by atoms with Gasteiger partial charge in [0.05, 0.1) is 11.8 Å². The summed E-state index contributed by atoms with van der Waals surface area (Å²) in [5.74, 6) is 0.365. The zero-order chi connectivity index (χ0) is 17.3. The lowest BCUT2D eigenvalue weighted by Crippen LogP contribution is -2.45. The minimum atomic E-state index is 0.0292. The van der Waals surface area contributed by atoms with Gasteiger partial charge in [0.1, 0.15) is 0 Å². The average molecular weight is 326 g/mol. The van der Waals surface area contributed by atoms with Crippen LogP contribution in [0.1, 0.15) is 61.5 Å². The van der Waals surface area contributed by atoms with E-state index in [9.17, 15) is 4.79 Å². The van der Waals surface area contributed by atoms with Gasteiger partial charge < -0.3 is 10.6 Å². The quantitative estimate of drug-likeness (QED) is 0.879. The lowest BCUT2D eigenvalue weighted by Gasteiger charge is -2.38. The molecule has 1 amide bonds. The van der Waals surface area contributed by atoms with Crippen LogP contribution >= 0.6 is 0 Å². The van der Waals surface area contributed by atoms with Gasteiger partial charge in [0, 0.05) is 36.4 Å². The molecular formula is C19H26N4O. The van der Waals surface area contributed by atoms with Crippen molar-refractivity contribution in [3.63, 3.8) is 0 Å². The van der Waals surface area contributed by atoms with E-state index in [4.69, 9.17) is 5.73 Å². The summed E-state index contributed by atoms with van der Waals surface area (Å²) in [5, 5.41) is 4.45. The van der Waals surface area contributed by atoms with Gasteiger partial charge in [-0.15, -0.1) is 0 Å². The van der Waals surface area contributed by atoms with Gasteiger partial charge in [-0.2, -0.15) is 5.10 Å². The molecule has 5 heteroatoms. The molecule has 24 heavy (non-hydrogen) atoms. The summed E-state index contributed by atoms with van der Waals surface area (Å²) in [6.45, 7) is 7.07. The number of aromatic nitrogens is 2. The highest BCUT2D eigenvalue weighted by atomic mass is 16.2. The van der Waals surface area contributed by atoms with Crippen LogP contribution < -0.4 is 5.73 Å². The number of benzene rings is 1. The largest absolute Gasteiger partial charge is 0.398 e. The normalized spacial score (nSPS) is 21.2. The monoisotopic (exact) mass is 326 g/mol. The predicted molar refractivity (Wildman–Crippen MR) is 95.9 cm³/mol. The molecule has 1 aliphatic rings. The number of nitrogen functional groups attached to an aromatic ring is 1. The van der Waals surface area contributed by atoms with E-state index in [2.05, 4.69) is 32.1 Å². The van der Waals surface area contributed by atoms with Crippen molar-refractivity contribution < 1.29 is 4.79 Å². The predicted octanol–water partition coefficient (Wildman–Crippen LogP) is 3.45. The summed E-state index contributed by atoms with van der Waals surface area (Å²) in [6, 6.07) is 7.89. The summed E-state index contributed by atoms with van der Waals surface area (Å²) in [7, 11) is 0. The first-order valence-electron chi connectivity index (χ1n) is 8.67. The zero-order valence-corrected chi connectivity index (χ0v) is 14.6. The van der Waals surface area contributed by atoms with Crippen molar-refractivity contribution in [1.29, 1.82) is 0 Å². The molecule has 2 heterocycles. The molecule has 2 aromatic rings. The van der Waals surface area contributed by atoms with Gasteiger partial charge in [-0.25, -0.2) is 0 Å². The Morgan fingerprint density at radius 3 is 2.71 bits per heavy atom. The van der Waals surface area contributed by atoms with Crippen LogP contribution in [0.25, 0.3) is 0 Å². The van der Waals surface area contributed by atoms with Crippen LogP contribution in [0.4, 0.5) is 5.69 Å². The van der Waals surface area contributed by atoms with Crippen molar-refractivity contribution in [3.05, 3.63) is 47.8 Å². The standard InChI is InChI=1S/C19H26N4O/c1-13(2)23-12-16(10-21-23)15-9-8-14(3)22(11-15)19(24)17-6-4-5-7-18(17)20/h4-7,10,12-15H,8-9,11,20H2,1-3H3/t14-,15?/m1/s1.